The van der Waals surface area contributed by atoms with Gasteiger partial charge in [0.1, 0.15) is 29.6 Å². The molecule has 0 radical (unpaired) electrons. The van der Waals surface area contributed by atoms with Crippen LogP contribution in [0, 0.1) is 0 Å². The summed E-state index contributed by atoms with van der Waals surface area (Å²) in [5.74, 6) is 3.48. The monoisotopic (exact) mass is 416 g/mol. The quantitative estimate of drug-likeness (QED) is 0.313. The molecule has 31 heavy (non-hydrogen) atoms. The molecular formula is C27H28O4. The molecule has 4 aromatic carbocycles. The molecule has 0 atom stereocenters. The third-order valence-corrected chi connectivity index (χ3v) is 5.57. The average Bonchev–Trinajstić information content (AvgIpc) is 2.80. The van der Waals surface area contributed by atoms with Crippen molar-refractivity contribution in [3.8, 4) is 23.0 Å². The number of hydrogen-bond acceptors (Lipinski definition) is 4. The van der Waals surface area contributed by atoms with Crippen LogP contribution >= 0.6 is 0 Å². The molecule has 0 heterocycles. The Hall–Kier alpha value is -3.40. The van der Waals surface area contributed by atoms with Crippen molar-refractivity contribution in [3.63, 3.8) is 0 Å². The van der Waals surface area contributed by atoms with Crippen LogP contribution in [0.4, 0.5) is 0 Å². The standard InChI is InChI=1S/C27H28O4/c1-17(2)26-25(29-4)13-20-11-19-12-21(31-16-18-9-7-6-8-10-18)14-24(28-3)22(19)15-23(20)27(26)30-5/h6-15,17H,16H2,1-5H3. The fourth-order valence-corrected chi connectivity index (χ4v) is 4.09. The first-order valence-corrected chi connectivity index (χ1v) is 10.4. The third-order valence-electron chi connectivity index (χ3n) is 5.57. The van der Waals surface area contributed by atoms with Gasteiger partial charge in [0.2, 0.25) is 0 Å². The maximum Gasteiger partial charge on any atom is 0.133 e. The first kappa shape index (κ1) is 20.9. The average molecular weight is 417 g/mol. The topological polar surface area (TPSA) is 36.9 Å². The van der Waals surface area contributed by atoms with Crippen LogP contribution < -0.4 is 18.9 Å². The fraction of sp³-hybridized carbons (Fsp3) is 0.259. The van der Waals surface area contributed by atoms with Crippen LogP contribution in [-0.2, 0) is 6.61 Å². The molecule has 160 valence electrons. The largest absolute Gasteiger partial charge is 0.496 e. The molecule has 0 saturated heterocycles. The van der Waals surface area contributed by atoms with Gasteiger partial charge in [-0.15, -0.1) is 0 Å². The molecule has 0 aliphatic rings. The van der Waals surface area contributed by atoms with Gasteiger partial charge in [0.15, 0.2) is 0 Å². The highest BCUT2D eigenvalue weighted by Gasteiger charge is 2.19. The van der Waals surface area contributed by atoms with E-state index < -0.39 is 0 Å². The Morgan fingerprint density at radius 1 is 0.710 bits per heavy atom. The number of rotatable bonds is 7. The molecule has 0 aliphatic heterocycles. The highest BCUT2D eigenvalue weighted by molar-refractivity contribution is 6.05. The minimum Gasteiger partial charge on any atom is -0.496 e. The summed E-state index contributed by atoms with van der Waals surface area (Å²) in [6, 6.07) is 20.5. The second-order valence-electron chi connectivity index (χ2n) is 7.87. The number of fused-ring (bicyclic) bond motifs is 2. The SMILES string of the molecule is COc1cc2cc3cc(OCc4ccccc4)cc(OC)c3cc2c(OC)c1C(C)C. The third kappa shape index (κ3) is 3.98. The molecule has 4 aromatic rings. The summed E-state index contributed by atoms with van der Waals surface area (Å²) in [7, 11) is 5.10. The lowest BCUT2D eigenvalue weighted by Crippen LogP contribution is -2.00. The smallest absolute Gasteiger partial charge is 0.133 e. The zero-order chi connectivity index (χ0) is 22.0. The van der Waals surface area contributed by atoms with E-state index in [1.807, 2.05) is 24.3 Å². The Bertz CT molecular complexity index is 1210. The van der Waals surface area contributed by atoms with E-state index >= 15 is 0 Å². The van der Waals surface area contributed by atoms with Gasteiger partial charge in [-0.05, 0) is 46.5 Å². The molecule has 0 fully saturated rings. The fourth-order valence-electron chi connectivity index (χ4n) is 4.09. The molecule has 0 bridgehead atoms. The zero-order valence-corrected chi connectivity index (χ0v) is 18.7. The molecule has 4 heteroatoms. The Labute approximate surface area is 183 Å². The number of benzene rings is 4. The van der Waals surface area contributed by atoms with E-state index in [9.17, 15) is 0 Å². The van der Waals surface area contributed by atoms with Crippen molar-refractivity contribution in [2.45, 2.75) is 26.4 Å². The number of methoxy groups -OCH3 is 3. The van der Waals surface area contributed by atoms with Crippen LogP contribution in [0.3, 0.4) is 0 Å². The molecule has 0 unspecified atom stereocenters. The van der Waals surface area contributed by atoms with Crippen LogP contribution in [0.2, 0.25) is 0 Å². The van der Waals surface area contributed by atoms with Crippen LogP contribution in [0.1, 0.15) is 30.9 Å². The molecule has 4 rings (SSSR count). The molecule has 0 aromatic heterocycles. The van der Waals surface area contributed by atoms with Crippen molar-refractivity contribution >= 4 is 21.5 Å². The molecule has 0 saturated carbocycles. The summed E-state index contributed by atoms with van der Waals surface area (Å²) in [6.45, 7) is 4.79. The maximum atomic E-state index is 6.07. The van der Waals surface area contributed by atoms with E-state index in [4.69, 9.17) is 18.9 Å². The van der Waals surface area contributed by atoms with Crippen LogP contribution in [0.5, 0.6) is 23.0 Å². The van der Waals surface area contributed by atoms with Gasteiger partial charge < -0.3 is 18.9 Å². The molecular weight excluding hydrogens is 388 g/mol. The van der Waals surface area contributed by atoms with Gasteiger partial charge in [-0.2, -0.15) is 0 Å². The van der Waals surface area contributed by atoms with Crippen molar-refractivity contribution in [2.24, 2.45) is 0 Å². The first-order valence-electron chi connectivity index (χ1n) is 10.4. The van der Waals surface area contributed by atoms with Crippen LogP contribution in [0.25, 0.3) is 21.5 Å². The normalized spacial score (nSPS) is 11.2. The van der Waals surface area contributed by atoms with Gasteiger partial charge in [0.05, 0.1) is 21.3 Å². The summed E-state index contributed by atoms with van der Waals surface area (Å²) >= 11 is 0. The van der Waals surface area contributed by atoms with Gasteiger partial charge in [0.25, 0.3) is 0 Å². The van der Waals surface area contributed by atoms with Crippen LogP contribution in [0.15, 0.2) is 60.7 Å². The van der Waals surface area contributed by atoms with Crippen LogP contribution in [-0.4, -0.2) is 21.3 Å². The lowest BCUT2D eigenvalue weighted by Gasteiger charge is -2.19. The predicted molar refractivity (Wildman–Crippen MR) is 126 cm³/mol. The minimum atomic E-state index is 0.264. The Morgan fingerprint density at radius 2 is 1.42 bits per heavy atom. The summed E-state index contributed by atoms with van der Waals surface area (Å²) < 4.78 is 23.3. The Kier molecular flexibility index (Phi) is 5.90. The second kappa shape index (κ2) is 8.76. The van der Waals surface area contributed by atoms with Crippen molar-refractivity contribution < 1.29 is 18.9 Å². The molecule has 0 N–H and O–H groups in total. The first-order chi connectivity index (χ1) is 15.0. The van der Waals surface area contributed by atoms with Crippen molar-refractivity contribution in [1.29, 1.82) is 0 Å². The second-order valence-corrected chi connectivity index (χ2v) is 7.87. The van der Waals surface area contributed by atoms with E-state index in [1.54, 1.807) is 21.3 Å². The van der Waals surface area contributed by atoms with Gasteiger partial charge in [-0.25, -0.2) is 0 Å². The molecule has 0 spiro atoms. The van der Waals surface area contributed by atoms with E-state index in [-0.39, 0.29) is 5.92 Å². The summed E-state index contributed by atoms with van der Waals surface area (Å²) in [5, 5.41) is 4.14. The van der Waals surface area contributed by atoms with Crippen molar-refractivity contribution in [3.05, 3.63) is 71.8 Å². The lowest BCUT2D eigenvalue weighted by atomic mass is 9.94. The zero-order valence-electron chi connectivity index (χ0n) is 18.7. The van der Waals surface area contributed by atoms with Crippen molar-refractivity contribution in [1.82, 2.24) is 0 Å². The van der Waals surface area contributed by atoms with E-state index in [0.29, 0.717) is 6.61 Å². The van der Waals surface area contributed by atoms with Gasteiger partial charge in [-0.1, -0.05) is 44.2 Å². The maximum absolute atomic E-state index is 6.07. The molecule has 0 amide bonds. The highest BCUT2D eigenvalue weighted by atomic mass is 16.5. The minimum absolute atomic E-state index is 0.264. The lowest BCUT2D eigenvalue weighted by molar-refractivity contribution is 0.304. The van der Waals surface area contributed by atoms with E-state index in [0.717, 1.165) is 55.7 Å². The summed E-state index contributed by atoms with van der Waals surface area (Å²) in [6.07, 6.45) is 0. The highest BCUT2D eigenvalue weighted by Crippen LogP contribution is 2.44. The molecule has 0 aliphatic carbocycles. The van der Waals surface area contributed by atoms with Gasteiger partial charge >= 0.3 is 0 Å². The Balaban J connectivity index is 1.86. The summed E-state index contributed by atoms with van der Waals surface area (Å²) in [5.41, 5.74) is 2.19. The predicted octanol–water partition coefficient (Wildman–Crippen LogP) is 6.72. The number of ether oxygens (including phenoxy) is 4. The van der Waals surface area contributed by atoms with Gasteiger partial charge in [0, 0.05) is 22.4 Å². The molecule has 4 nitrogen and oxygen atoms in total. The summed E-state index contributed by atoms with van der Waals surface area (Å²) in [4.78, 5) is 0. The number of hydrogen-bond donors (Lipinski definition) is 0. The van der Waals surface area contributed by atoms with E-state index in [1.165, 1.54) is 0 Å². The Morgan fingerprint density at radius 3 is 2.06 bits per heavy atom. The van der Waals surface area contributed by atoms with E-state index in [2.05, 4.69) is 50.2 Å². The van der Waals surface area contributed by atoms with Crippen molar-refractivity contribution in [2.75, 3.05) is 21.3 Å². The van der Waals surface area contributed by atoms with Gasteiger partial charge in [-0.3, -0.25) is 0 Å².